The molecule has 2 aliphatic rings. The lowest BCUT2D eigenvalue weighted by Crippen LogP contribution is -2.33. The van der Waals surface area contributed by atoms with Gasteiger partial charge in [-0.05, 0) is 114 Å². The van der Waals surface area contributed by atoms with Gasteiger partial charge in [0, 0.05) is 16.8 Å². The van der Waals surface area contributed by atoms with Gasteiger partial charge in [-0.3, -0.25) is 0 Å². The third-order valence-corrected chi connectivity index (χ3v) is 11.4. The van der Waals surface area contributed by atoms with E-state index in [0.717, 1.165) is 42.0 Å². The molecule has 2 saturated carbocycles. The van der Waals surface area contributed by atoms with Crippen LogP contribution in [0.1, 0.15) is 117 Å². The van der Waals surface area contributed by atoms with E-state index in [1.54, 1.807) is 0 Å². The molecule has 0 atom stereocenters. The van der Waals surface area contributed by atoms with Gasteiger partial charge in [-0.2, -0.15) is 0 Å². The summed E-state index contributed by atoms with van der Waals surface area (Å²) in [5.41, 5.74) is 21.9. The van der Waals surface area contributed by atoms with Crippen LogP contribution in [0.2, 0.25) is 0 Å². The molecule has 2 heteroatoms. The molecule has 0 unspecified atom stereocenters. The van der Waals surface area contributed by atoms with Crippen molar-refractivity contribution in [1.29, 1.82) is 0 Å². The van der Waals surface area contributed by atoms with Gasteiger partial charge < -0.3 is 11.5 Å². The Morgan fingerprint density at radius 2 is 0.800 bits per heavy atom. The van der Waals surface area contributed by atoms with Gasteiger partial charge in [-0.15, -0.1) is 0 Å². The van der Waals surface area contributed by atoms with Gasteiger partial charge in [-0.1, -0.05) is 131 Å². The minimum atomic E-state index is 0.0914. The molecule has 4 aromatic carbocycles. The first-order chi connectivity index (χ1) is 22.0. The van der Waals surface area contributed by atoms with Crippen molar-refractivity contribution in [1.82, 2.24) is 0 Å². The summed E-state index contributed by atoms with van der Waals surface area (Å²) in [5.74, 6) is 2.87. The maximum absolute atomic E-state index is 5.92. The zero-order valence-electron chi connectivity index (χ0n) is 27.5. The molecule has 0 bridgehead atoms. The Balaban J connectivity index is 1.16. The van der Waals surface area contributed by atoms with Crippen LogP contribution < -0.4 is 11.5 Å². The number of hydrogen-bond donors (Lipinski definition) is 2. The molecule has 4 N–H and O–H groups in total. The second kappa shape index (κ2) is 14.7. The first-order valence-corrected chi connectivity index (χ1v) is 17.9. The van der Waals surface area contributed by atoms with Crippen molar-refractivity contribution >= 4 is 11.4 Å². The summed E-state index contributed by atoms with van der Waals surface area (Å²) >= 11 is 0. The lowest BCUT2D eigenvalue weighted by atomic mass is 9.62. The molecule has 0 amide bonds. The van der Waals surface area contributed by atoms with E-state index in [0.29, 0.717) is 0 Å². The zero-order valence-corrected chi connectivity index (χ0v) is 27.5. The number of nitrogens with two attached hydrogens (primary N) is 2. The zero-order chi connectivity index (χ0) is 31.1. The molecule has 0 spiro atoms. The third kappa shape index (κ3) is 8.01. The molecule has 0 aromatic heterocycles. The average Bonchev–Trinajstić information content (AvgIpc) is 3.08. The second-order valence-corrected chi connectivity index (χ2v) is 14.5. The van der Waals surface area contributed by atoms with Crippen molar-refractivity contribution in [3.05, 3.63) is 130 Å². The number of hydrogen-bond acceptors (Lipinski definition) is 2. The number of rotatable bonds is 11. The Bertz CT molecular complexity index is 1360. The topological polar surface area (TPSA) is 52.0 Å². The first-order valence-electron chi connectivity index (χ1n) is 17.9. The molecule has 4 aromatic rings. The van der Waals surface area contributed by atoms with Crippen molar-refractivity contribution in [2.75, 3.05) is 11.5 Å². The SMILES string of the molecule is CCCC1CCC(CCC2CCC(c3ccc(Cc4ccc(N)cc4)cc3)(c3ccc(Cc4ccc(N)cc4)cc3)CC2)CC1. The van der Waals surface area contributed by atoms with Crippen LogP contribution in [0.25, 0.3) is 0 Å². The predicted octanol–water partition coefficient (Wildman–Crippen LogP) is 10.9. The molecule has 0 radical (unpaired) electrons. The number of anilines is 2. The van der Waals surface area contributed by atoms with E-state index in [4.69, 9.17) is 11.5 Å². The maximum atomic E-state index is 5.92. The molecule has 6 rings (SSSR count). The highest BCUT2D eigenvalue weighted by molar-refractivity contribution is 5.45. The van der Waals surface area contributed by atoms with Gasteiger partial charge in [-0.25, -0.2) is 0 Å². The molecule has 2 fully saturated rings. The number of benzene rings is 4. The van der Waals surface area contributed by atoms with E-state index in [1.165, 1.54) is 110 Å². The van der Waals surface area contributed by atoms with Crippen LogP contribution in [0.15, 0.2) is 97.1 Å². The van der Waals surface area contributed by atoms with E-state index in [2.05, 4.69) is 79.7 Å². The summed E-state index contributed by atoms with van der Waals surface area (Å²) < 4.78 is 0. The Kier molecular flexibility index (Phi) is 10.3. The Morgan fingerprint density at radius 1 is 0.467 bits per heavy atom. The second-order valence-electron chi connectivity index (χ2n) is 14.5. The minimum Gasteiger partial charge on any atom is -0.399 e. The molecule has 2 aliphatic carbocycles. The van der Waals surface area contributed by atoms with E-state index in [-0.39, 0.29) is 5.41 Å². The number of nitrogen functional groups attached to an aromatic ring is 2. The summed E-state index contributed by atoms with van der Waals surface area (Å²) in [6.45, 7) is 2.35. The normalized spacial score (nSPS) is 20.2. The van der Waals surface area contributed by atoms with Crippen LogP contribution in [0, 0.1) is 17.8 Å². The highest BCUT2D eigenvalue weighted by atomic mass is 14.5. The van der Waals surface area contributed by atoms with Gasteiger partial charge in [0.25, 0.3) is 0 Å². The van der Waals surface area contributed by atoms with Crippen molar-refractivity contribution in [2.24, 2.45) is 17.8 Å². The van der Waals surface area contributed by atoms with Crippen molar-refractivity contribution in [2.45, 2.75) is 102 Å². The molecule has 236 valence electrons. The molecular formula is C43H54N2. The summed E-state index contributed by atoms with van der Waals surface area (Å²) in [6, 6.07) is 35.8. The highest BCUT2D eigenvalue weighted by Gasteiger charge is 2.38. The summed E-state index contributed by atoms with van der Waals surface area (Å²) in [5, 5.41) is 0. The van der Waals surface area contributed by atoms with Crippen LogP contribution >= 0.6 is 0 Å². The monoisotopic (exact) mass is 598 g/mol. The summed E-state index contributed by atoms with van der Waals surface area (Å²) in [7, 11) is 0. The van der Waals surface area contributed by atoms with Crippen LogP contribution in [0.4, 0.5) is 11.4 Å². The fraction of sp³-hybridized carbons (Fsp3) is 0.442. The average molecular weight is 599 g/mol. The van der Waals surface area contributed by atoms with E-state index >= 15 is 0 Å². The fourth-order valence-electron chi connectivity index (χ4n) is 8.52. The predicted molar refractivity (Wildman–Crippen MR) is 193 cm³/mol. The summed E-state index contributed by atoms with van der Waals surface area (Å²) in [6.07, 6.45) is 18.7. The van der Waals surface area contributed by atoms with E-state index in [9.17, 15) is 0 Å². The smallest absolute Gasteiger partial charge is 0.0314 e. The summed E-state index contributed by atoms with van der Waals surface area (Å²) in [4.78, 5) is 0. The Hall–Kier alpha value is -3.52. The van der Waals surface area contributed by atoms with Crippen LogP contribution in [0.3, 0.4) is 0 Å². The quantitative estimate of drug-likeness (QED) is 0.169. The van der Waals surface area contributed by atoms with Crippen LogP contribution in [-0.4, -0.2) is 0 Å². The highest BCUT2D eigenvalue weighted by Crippen LogP contribution is 2.48. The first kappa shape index (κ1) is 31.5. The standard InChI is InChI=1S/C43H54N2/c1-2-3-32-4-6-33(7-5-32)8-9-34-26-28-43(29-27-34,39-18-10-35(11-19-39)30-37-14-22-41(44)23-15-37)40-20-12-36(13-21-40)31-38-16-24-42(45)25-17-38/h10-25,32-34H,2-9,26-31,44-45H2,1H3. The Labute approximate surface area is 272 Å². The molecule has 0 saturated heterocycles. The van der Waals surface area contributed by atoms with Gasteiger partial charge in [0.15, 0.2) is 0 Å². The van der Waals surface area contributed by atoms with Crippen LogP contribution in [-0.2, 0) is 18.3 Å². The third-order valence-electron chi connectivity index (χ3n) is 11.4. The van der Waals surface area contributed by atoms with Crippen molar-refractivity contribution < 1.29 is 0 Å². The van der Waals surface area contributed by atoms with Gasteiger partial charge >= 0.3 is 0 Å². The van der Waals surface area contributed by atoms with Gasteiger partial charge in [0.2, 0.25) is 0 Å². The minimum absolute atomic E-state index is 0.0914. The molecule has 45 heavy (non-hydrogen) atoms. The van der Waals surface area contributed by atoms with Crippen molar-refractivity contribution in [3.8, 4) is 0 Å². The van der Waals surface area contributed by atoms with E-state index < -0.39 is 0 Å². The molecule has 0 heterocycles. The lowest BCUT2D eigenvalue weighted by molar-refractivity contribution is 0.210. The van der Waals surface area contributed by atoms with E-state index in [1.807, 2.05) is 24.3 Å². The lowest BCUT2D eigenvalue weighted by Gasteiger charge is -2.42. The molecule has 2 nitrogen and oxygen atoms in total. The fourth-order valence-corrected chi connectivity index (χ4v) is 8.52. The van der Waals surface area contributed by atoms with Crippen molar-refractivity contribution in [3.63, 3.8) is 0 Å². The molecular weight excluding hydrogens is 544 g/mol. The largest absolute Gasteiger partial charge is 0.399 e. The maximum Gasteiger partial charge on any atom is 0.0314 e. The Morgan fingerprint density at radius 3 is 1.18 bits per heavy atom. The van der Waals surface area contributed by atoms with Crippen LogP contribution in [0.5, 0.6) is 0 Å². The van der Waals surface area contributed by atoms with Gasteiger partial charge in [0.1, 0.15) is 0 Å². The van der Waals surface area contributed by atoms with Gasteiger partial charge in [0.05, 0.1) is 0 Å². The molecule has 0 aliphatic heterocycles.